The molecule has 1 unspecified atom stereocenters. The van der Waals surface area contributed by atoms with Gasteiger partial charge in [0.2, 0.25) is 5.91 Å². The summed E-state index contributed by atoms with van der Waals surface area (Å²) in [6.45, 7) is -0.289. The molecule has 18 heteroatoms. The molecule has 1 amide bonds. The van der Waals surface area contributed by atoms with Crippen LogP contribution >= 0.6 is 0 Å². The van der Waals surface area contributed by atoms with Crippen LogP contribution < -0.4 is 33.6 Å². The van der Waals surface area contributed by atoms with Gasteiger partial charge >= 0.3 is 0 Å². The molecular weight excluding hydrogens is 564 g/mol. The summed E-state index contributed by atoms with van der Waals surface area (Å²) in [7, 11) is 0. The van der Waals surface area contributed by atoms with Crippen LogP contribution in [0.2, 0.25) is 0 Å². The second-order valence-corrected chi connectivity index (χ2v) is 11.0. The normalized spacial score (nSPS) is 43.6. The Labute approximate surface area is 243 Å². The van der Waals surface area contributed by atoms with Crippen LogP contribution in [0.5, 0.6) is 0 Å². The third-order valence-corrected chi connectivity index (χ3v) is 7.85. The van der Waals surface area contributed by atoms with Crippen LogP contribution in [0.1, 0.15) is 19.3 Å². The van der Waals surface area contributed by atoms with Gasteiger partial charge in [-0.2, -0.15) is 0 Å². The van der Waals surface area contributed by atoms with Crippen molar-refractivity contribution in [3.05, 3.63) is 0 Å². The number of nitrogens with two attached hydrogens (primary N) is 4. The average molecular weight is 613 g/mol. The van der Waals surface area contributed by atoms with Crippen LogP contribution in [0.3, 0.4) is 0 Å². The van der Waals surface area contributed by atoms with Gasteiger partial charge in [0.25, 0.3) is 0 Å². The van der Waals surface area contributed by atoms with Gasteiger partial charge in [-0.05, 0) is 25.8 Å². The lowest BCUT2D eigenvalue weighted by atomic mass is 9.83. The van der Waals surface area contributed by atoms with E-state index in [4.69, 9.17) is 47.0 Å². The number of aliphatic hydroxyl groups excluding tert-OH is 7. The highest BCUT2D eigenvalue weighted by molar-refractivity contribution is 5.81. The first-order chi connectivity index (χ1) is 19.9. The maximum Gasteiger partial charge on any atom is 0.250 e. The van der Waals surface area contributed by atoms with Crippen molar-refractivity contribution in [3.8, 4) is 0 Å². The Morgan fingerprint density at radius 3 is 2.21 bits per heavy atom. The molecule has 0 aromatic rings. The third-order valence-electron chi connectivity index (χ3n) is 7.85. The summed E-state index contributed by atoms with van der Waals surface area (Å²) in [5.41, 5.74) is 23.8. The molecule has 0 aromatic carbocycles. The Morgan fingerprint density at radius 2 is 1.57 bits per heavy atom. The van der Waals surface area contributed by atoms with Crippen LogP contribution in [0.15, 0.2) is 0 Å². The number of ether oxygens (including phenoxy) is 4. The molecule has 0 radical (unpaired) electrons. The third kappa shape index (κ3) is 8.51. The Hall–Kier alpha value is -1.17. The van der Waals surface area contributed by atoms with E-state index < -0.39 is 104 Å². The Kier molecular flexibility index (Phi) is 13.6. The standard InChI is InChI=1S/C24H48N6O12/c25-6-13(34)22(38)30-11-4-9(26)20(41-23-10(27)5-12(33)14(39-23)7-29-2-1-3-31)19(37)21(11)42-24-18(36)16(28)17(35)15(8-32)40-24/h9-21,23-24,29,31-37H,1-8,25-28H2,(H,30,38)/t9-,10+,11+,12-,13-,14+,15+,16-,17+,18+,19-,20?,21-,23+,24+/m0/s1. The van der Waals surface area contributed by atoms with Crippen LogP contribution in [-0.4, -0.2) is 166 Å². The first kappa shape index (κ1) is 35.3. The molecule has 42 heavy (non-hydrogen) atoms. The summed E-state index contributed by atoms with van der Waals surface area (Å²) < 4.78 is 23.4. The van der Waals surface area contributed by atoms with Crippen molar-refractivity contribution in [2.75, 3.05) is 32.8 Å². The summed E-state index contributed by atoms with van der Waals surface area (Å²) in [5.74, 6) is -0.858. The molecule has 17 N–H and O–H groups in total. The number of hydrogen-bond acceptors (Lipinski definition) is 17. The number of carbonyl (C=O) groups excluding carboxylic acids is 1. The van der Waals surface area contributed by atoms with Gasteiger partial charge in [-0.3, -0.25) is 4.79 Å². The Bertz CT molecular complexity index is 835. The lowest BCUT2D eigenvalue weighted by Crippen LogP contribution is -2.69. The van der Waals surface area contributed by atoms with Crippen molar-refractivity contribution in [1.29, 1.82) is 0 Å². The van der Waals surface area contributed by atoms with Gasteiger partial charge in [-0.1, -0.05) is 0 Å². The molecule has 18 nitrogen and oxygen atoms in total. The van der Waals surface area contributed by atoms with E-state index in [-0.39, 0.29) is 32.5 Å². The van der Waals surface area contributed by atoms with E-state index in [1.807, 2.05) is 0 Å². The van der Waals surface area contributed by atoms with Crippen LogP contribution in [0.4, 0.5) is 0 Å². The molecule has 0 bridgehead atoms. The molecule has 0 spiro atoms. The van der Waals surface area contributed by atoms with Crippen LogP contribution in [-0.2, 0) is 23.7 Å². The molecule has 2 heterocycles. The second kappa shape index (κ2) is 16.2. The first-order valence-corrected chi connectivity index (χ1v) is 14.1. The smallest absolute Gasteiger partial charge is 0.250 e. The topological polar surface area (TPSA) is 324 Å². The highest BCUT2D eigenvalue weighted by atomic mass is 16.7. The molecule has 2 aliphatic heterocycles. The van der Waals surface area contributed by atoms with E-state index in [0.29, 0.717) is 13.0 Å². The lowest BCUT2D eigenvalue weighted by molar-refractivity contribution is -0.316. The zero-order chi connectivity index (χ0) is 31.1. The van der Waals surface area contributed by atoms with E-state index >= 15 is 0 Å². The summed E-state index contributed by atoms with van der Waals surface area (Å²) in [6.07, 6.45) is -13.6. The van der Waals surface area contributed by atoms with Crippen molar-refractivity contribution in [3.63, 3.8) is 0 Å². The van der Waals surface area contributed by atoms with Crippen molar-refractivity contribution in [1.82, 2.24) is 10.6 Å². The SMILES string of the molecule is NC[C@H](O)C(=O)N[C@@H]1C[C@H](N)C(O[C@H]2O[C@H](CNCCCO)[C@@H](O)C[C@H]2N)[C@H](O)[C@H]1O[C@H]1O[C@H](CO)[C@@H](O)[C@H](N)[C@H]1O. The fraction of sp³-hybridized carbons (Fsp3) is 0.958. The molecular formula is C24H48N6O12. The van der Waals surface area contributed by atoms with Crippen molar-refractivity contribution >= 4 is 5.91 Å². The van der Waals surface area contributed by atoms with Crippen LogP contribution in [0, 0.1) is 0 Å². The second-order valence-electron chi connectivity index (χ2n) is 11.0. The predicted molar refractivity (Wildman–Crippen MR) is 143 cm³/mol. The minimum absolute atomic E-state index is 0.00110. The number of carbonyl (C=O) groups is 1. The van der Waals surface area contributed by atoms with Gasteiger partial charge in [0.15, 0.2) is 12.6 Å². The largest absolute Gasteiger partial charge is 0.396 e. The summed E-state index contributed by atoms with van der Waals surface area (Å²) in [4.78, 5) is 12.5. The number of amides is 1. The van der Waals surface area contributed by atoms with Gasteiger partial charge in [0.1, 0.15) is 42.7 Å². The number of aliphatic hydroxyl groups is 7. The van der Waals surface area contributed by atoms with E-state index in [1.165, 1.54) is 0 Å². The minimum Gasteiger partial charge on any atom is -0.396 e. The van der Waals surface area contributed by atoms with Gasteiger partial charge in [-0.25, -0.2) is 0 Å². The molecule has 0 aromatic heterocycles. The Morgan fingerprint density at radius 1 is 0.905 bits per heavy atom. The van der Waals surface area contributed by atoms with Crippen LogP contribution in [0.25, 0.3) is 0 Å². The maximum absolute atomic E-state index is 12.5. The molecule has 1 saturated carbocycles. The zero-order valence-corrected chi connectivity index (χ0v) is 23.3. The highest BCUT2D eigenvalue weighted by Crippen LogP contribution is 2.31. The summed E-state index contributed by atoms with van der Waals surface area (Å²) in [6, 6.07) is -4.03. The molecule has 2 saturated heterocycles. The first-order valence-electron chi connectivity index (χ1n) is 14.1. The van der Waals surface area contributed by atoms with Crippen molar-refractivity contribution in [2.45, 2.75) is 111 Å². The highest BCUT2D eigenvalue weighted by Gasteiger charge is 2.51. The van der Waals surface area contributed by atoms with Gasteiger partial charge in [0.05, 0.1) is 36.9 Å². The fourth-order valence-electron chi connectivity index (χ4n) is 5.33. The monoisotopic (exact) mass is 612 g/mol. The van der Waals surface area contributed by atoms with E-state index in [1.54, 1.807) is 0 Å². The van der Waals surface area contributed by atoms with Gasteiger partial charge < -0.3 is 88.3 Å². The van der Waals surface area contributed by atoms with Crippen molar-refractivity contribution in [2.24, 2.45) is 22.9 Å². The van der Waals surface area contributed by atoms with E-state index in [0.717, 1.165) is 0 Å². The fourth-order valence-corrected chi connectivity index (χ4v) is 5.33. The van der Waals surface area contributed by atoms with Gasteiger partial charge in [-0.15, -0.1) is 0 Å². The number of nitrogens with one attached hydrogen (secondary N) is 2. The molecule has 3 aliphatic rings. The van der Waals surface area contributed by atoms with E-state index in [9.17, 15) is 35.4 Å². The Balaban J connectivity index is 1.78. The summed E-state index contributed by atoms with van der Waals surface area (Å²) >= 11 is 0. The van der Waals surface area contributed by atoms with E-state index in [2.05, 4.69) is 10.6 Å². The number of hydrogen-bond donors (Lipinski definition) is 13. The summed E-state index contributed by atoms with van der Waals surface area (Å²) in [5, 5.41) is 76.8. The molecule has 246 valence electrons. The quantitative estimate of drug-likeness (QED) is 0.0858. The van der Waals surface area contributed by atoms with Crippen molar-refractivity contribution < 1.29 is 59.5 Å². The average Bonchev–Trinajstić information content (AvgIpc) is 2.96. The maximum atomic E-state index is 12.5. The zero-order valence-electron chi connectivity index (χ0n) is 23.3. The number of rotatable bonds is 13. The molecule has 15 atom stereocenters. The van der Waals surface area contributed by atoms with Gasteiger partial charge in [0, 0.05) is 25.7 Å². The lowest BCUT2D eigenvalue weighted by Gasteiger charge is -2.48. The molecule has 3 rings (SSSR count). The predicted octanol–water partition coefficient (Wildman–Crippen LogP) is -7.81. The minimum atomic E-state index is -1.59. The molecule has 1 aliphatic carbocycles. The molecule has 3 fully saturated rings.